The second kappa shape index (κ2) is 9.68. The van der Waals surface area contributed by atoms with E-state index in [1.54, 1.807) is 6.92 Å². The van der Waals surface area contributed by atoms with Gasteiger partial charge in [-0.3, -0.25) is 4.57 Å². The van der Waals surface area contributed by atoms with Gasteiger partial charge in [0.2, 0.25) is 5.88 Å². The molecule has 37 heavy (non-hydrogen) atoms. The van der Waals surface area contributed by atoms with E-state index in [2.05, 4.69) is 20.3 Å². The molecule has 0 amide bonds. The normalized spacial score (nSPS) is 11.8. The van der Waals surface area contributed by atoms with Crippen LogP contribution < -0.4 is 15.2 Å². The van der Waals surface area contributed by atoms with Gasteiger partial charge >= 0.3 is 11.9 Å². The fraction of sp³-hybridized carbons (Fsp3) is 0.286. The Bertz CT molecular complexity index is 1550. The Kier molecular flexibility index (Phi) is 6.77. The molecule has 0 aliphatic heterocycles. The summed E-state index contributed by atoms with van der Waals surface area (Å²) < 4.78 is 93.5. The largest absolute Gasteiger partial charge is 0.467 e. The Hall–Kier alpha value is -4.21. The van der Waals surface area contributed by atoms with E-state index in [0.717, 1.165) is 16.8 Å². The van der Waals surface area contributed by atoms with Gasteiger partial charge in [-0.15, -0.1) is 10.2 Å². The molecule has 4 rings (SSSR count). The van der Waals surface area contributed by atoms with Crippen molar-refractivity contribution in [1.29, 1.82) is 0 Å². The number of hydrogen-bond acceptors (Lipinski definition) is 8. The highest BCUT2D eigenvalue weighted by Gasteiger charge is 2.31. The van der Waals surface area contributed by atoms with Crippen molar-refractivity contribution in [2.75, 3.05) is 6.61 Å². The number of alkyl halides is 3. The van der Waals surface area contributed by atoms with Gasteiger partial charge in [-0.1, -0.05) is 0 Å². The highest BCUT2D eigenvalue weighted by atomic mass is 19.4. The van der Waals surface area contributed by atoms with E-state index in [4.69, 9.17) is 9.47 Å². The summed E-state index contributed by atoms with van der Waals surface area (Å²) >= 11 is 0. The van der Waals surface area contributed by atoms with Crippen molar-refractivity contribution in [3.8, 4) is 23.3 Å². The van der Waals surface area contributed by atoms with Crippen LogP contribution in [0.3, 0.4) is 0 Å². The maximum Gasteiger partial charge on any atom is 0.422 e. The van der Waals surface area contributed by atoms with E-state index in [-0.39, 0.29) is 23.7 Å². The molecule has 0 aliphatic rings. The first-order chi connectivity index (χ1) is 17.4. The van der Waals surface area contributed by atoms with E-state index in [1.807, 2.05) is 0 Å². The summed E-state index contributed by atoms with van der Waals surface area (Å²) in [7, 11) is 0. The van der Waals surface area contributed by atoms with E-state index >= 15 is 4.39 Å². The van der Waals surface area contributed by atoms with Crippen LogP contribution in [0.5, 0.6) is 17.5 Å². The lowest BCUT2D eigenvalue weighted by atomic mass is 10.2. The number of nitrogens with zero attached hydrogens (tertiary/aromatic N) is 6. The van der Waals surface area contributed by atoms with Crippen molar-refractivity contribution >= 4 is 10.8 Å². The molecule has 0 saturated carbocycles. The van der Waals surface area contributed by atoms with Crippen LogP contribution in [0.2, 0.25) is 0 Å². The van der Waals surface area contributed by atoms with Crippen LogP contribution in [0.4, 0.5) is 26.3 Å². The van der Waals surface area contributed by atoms with Gasteiger partial charge in [0.25, 0.3) is 5.88 Å². The number of aromatic nitrogens is 6. The van der Waals surface area contributed by atoms with Crippen LogP contribution in [0, 0.1) is 24.4 Å². The molecule has 0 saturated heterocycles. The zero-order chi connectivity index (χ0) is 27.1. The average molecular weight is 530 g/mol. The maximum atomic E-state index is 15.6. The molecule has 16 heteroatoms. The van der Waals surface area contributed by atoms with Crippen LogP contribution in [-0.4, -0.2) is 47.4 Å². The van der Waals surface area contributed by atoms with Crippen molar-refractivity contribution in [2.45, 2.75) is 33.2 Å². The van der Waals surface area contributed by atoms with Gasteiger partial charge in [-0.25, -0.2) is 18.0 Å². The fourth-order valence-corrected chi connectivity index (χ4v) is 3.38. The lowest BCUT2D eigenvalue weighted by Gasteiger charge is -2.15. The summed E-state index contributed by atoms with van der Waals surface area (Å²) in [6.07, 6.45) is -4.03. The number of aliphatic hydroxyl groups excluding tert-OH is 1. The first kappa shape index (κ1) is 25.9. The molecule has 0 unspecified atom stereocenters. The van der Waals surface area contributed by atoms with E-state index < -0.39 is 70.9 Å². The number of aryl methyl sites for hydroxylation is 1. The molecule has 0 bridgehead atoms. The van der Waals surface area contributed by atoms with E-state index in [0.29, 0.717) is 10.7 Å². The minimum absolute atomic E-state index is 0.0401. The summed E-state index contributed by atoms with van der Waals surface area (Å²) in [5.41, 5.74) is -0.858. The minimum atomic E-state index is -4.84. The third kappa shape index (κ3) is 4.91. The lowest BCUT2D eigenvalue weighted by Crippen LogP contribution is -2.26. The van der Waals surface area contributed by atoms with Gasteiger partial charge in [-0.05, 0) is 25.5 Å². The molecule has 3 aromatic heterocycles. The van der Waals surface area contributed by atoms with Gasteiger partial charge in [-0.2, -0.15) is 27.9 Å². The van der Waals surface area contributed by atoms with Gasteiger partial charge < -0.3 is 14.6 Å². The Labute approximate surface area is 202 Å². The lowest BCUT2D eigenvalue weighted by molar-refractivity contribution is -0.153. The van der Waals surface area contributed by atoms with Gasteiger partial charge in [0.1, 0.15) is 17.7 Å². The van der Waals surface area contributed by atoms with Crippen molar-refractivity contribution < 1.29 is 40.9 Å². The molecule has 3 heterocycles. The monoisotopic (exact) mass is 530 g/mol. The van der Waals surface area contributed by atoms with Crippen molar-refractivity contribution in [3.05, 3.63) is 57.7 Å². The number of rotatable bonds is 7. The minimum Gasteiger partial charge on any atom is -0.467 e. The molecule has 10 nitrogen and oxygen atoms in total. The molecular formula is C21H16F6N6O4. The van der Waals surface area contributed by atoms with Crippen LogP contribution >= 0.6 is 0 Å². The molecule has 0 aliphatic carbocycles. The van der Waals surface area contributed by atoms with Crippen LogP contribution in [0.15, 0.2) is 23.1 Å². The number of pyridine rings is 1. The standard InChI is InChI=1S/C21H16F6N6O4/c1-3-32-14(7-34)31-33(20(32)35)17-16(24)10-6-28-30-19(15(10)18(29-17)36-8-21(25,26)27)37-13-5-12(23)11(22)4-9(13)2/h4-6,34H,3,7-8H2,1-2H3. The second-order valence-electron chi connectivity index (χ2n) is 7.54. The molecule has 0 fully saturated rings. The summed E-state index contributed by atoms with van der Waals surface area (Å²) in [4.78, 5) is 16.4. The SMILES string of the molecule is CCn1c(CO)nn(-c2nc(OCC(F)(F)F)c3c(Oc4cc(F)c(F)cc4C)nncc3c2F)c1=O. The predicted octanol–water partition coefficient (Wildman–Crippen LogP) is 3.34. The zero-order valence-electron chi connectivity index (χ0n) is 19.0. The molecule has 0 spiro atoms. The molecule has 0 radical (unpaired) electrons. The molecule has 4 aromatic rings. The summed E-state index contributed by atoms with van der Waals surface area (Å²) in [6.45, 7) is 0.377. The van der Waals surface area contributed by atoms with Crippen molar-refractivity contribution in [3.63, 3.8) is 0 Å². The molecule has 0 atom stereocenters. The van der Waals surface area contributed by atoms with Crippen molar-refractivity contribution in [1.82, 2.24) is 29.5 Å². The van der Waals surface area contributed by atoms with Crippen LogP contribution in [0.1, 0.15) is 18.3 Å². The predicted molar refractivity (Wildman–Crippen MR) is 113 cm³/mol. The highest BCUT2D eigenvalue weighted by molar-refractivity contribution is 5.92. The number of aliphatic hydroxyl groups is 1. The number of benzene rings is 1. The number of fused-ring (bicyclic) bond motifs is 1. The van der Waals surface area contributed by atoms with Crippen LogP contribution in [-0.2, 0) is 13.2 Å². The summed E-state index contributed by atoms with van der Waals surface area (Å²) in [5.74, 6) is -6.53. The number of ether oxygens (including phenoxy) is 2. The van der Waals surface area contributed by atoms with Crippen molar-refractivity contribution in [2.24, 2.45) is 0 Å². The Morgan fingerprint density at radius 2 is 1.81 bits per heavy atom. The summed E-state index contributed by atoms with van der Waals surface area (Å²) in [6, 6.07) is 1.46. The first-order valence-corrected chi connectivity index (χ1v) is 10.4. The second-order valence-corrected chi connectivity index (χ2v) is 7.54. The van der Waals surface area contributed by atoms with E-state index in [1.165, 1.54) is 6.92 Å². The Balaban J connectivity index is 1.96. The third-order valence-electron chi connectivity index (χ3n) is 5.07. The highest BCUT2D eigenvalue weighted by Crippen LogP contribution is 2.37. The number of hydrogen-bond donors (Lipinski definition) is 1. The maximum absolute atomic E-state index is 15.6. The molecule has 1 N–H and O–H groups in total. The molecule has 196 valence electrons. The van der Waals surface area contributed by atoms with E-state index in [9.17, 15) is 31.9 Å². The quantitative estimate of drug-likeness (QED) is 0.362. The molecular weight excluding hydrogens is 514 g/mol. The third-order valence-corrected chi connectivity index (χ3v) is 5.07. The average Bonchev–Trinajstić information content (AvgIpc) is 3.16. The zero-order valence-corrected chi connectivity index (χ0v) is 19.0. The van der Waals surface area contributed by atoms with Gasteiger partial charge in [0.05, 0.1) is 11.6 Å². The van der Waals surface area contributed by atoms with Gasteiger partial charge in [0.15, 0.2) is 35.7 Å². The molecule has 1 aromatic carbocycles. The fourth-order valence-electron chi connectivity index (χ4n) is 3.38. The summed E-state index contributed by atoms with van der Waals surface area (Å²) in [5, 5.41) is 19.4. The van der Waals surface area contributed by atoms with Gasteiger partial charge in [0, 0.05) is 12.6 Å². The topological polar surface area (TPSA) is 117 Å². The Morgan fingerprint density at radius 3 is 2.43 bits per heavy atom. The number of halogens is 6. The Morgan fingerprint density at radius 1 is 1.11 bits per heavy atom. The smallest absolute Gasteiger partial charge is 0.422 e. The van der Waals surface area contributed by atoms with Crippen LogP contribution in [0.25, 0.3) is 16.6 Å². The first-order valence-electron chi connectivity index (χ1n) is 10.4.